The van der Waals surface area contributed by atoms with Crippen molar-refractivity contribution in [2.24, 2.45) is 11.7 Å². The normalized spacial score (nSPS) is 25.4. The maximum Gasteiger partial charge on any atom is 0.118 e. The zero-order chi connectivity index (χ0) is 15.0. The van der Waals surface area contributed by atoms with Crippen LogP contribution in [-0.4, -0.2) is 24.4 Å². The van der Waals surface area contributed by atoms with Crippen molar-refractivity contribution < 1.29 is 9.47 Å². The van der Waals surface area contributed by atoms with Crippen LogP contribution in [0.25, 0.3) is 0 Å². The molecular formula is C17H27NO2. The number of hydrogen-bond acceptors (Lipinski definition) is 3. The van der Waals surface area contributed by atoms with E-state index in [1.165, 1.54) is 5.56 Å². The highest BCUT2D eigenvalue weighted by Gasteiger charge is 2.47. The van der Waals surface area contributed by atoms with E-state index in [9.17, 15) is 0 Å². The molecular weight excluding hydrogens is 250 g/mol. The van der Waals surface area contributed by atoms with Crippen LogP contribution in [0.2, 0.25) is 0 Å². The average Bonchev–Trinajstić information content (AvgIpc) is 2.58. The van der Waals surface area contributed by atoms with Crippen LogP contribution in [0.5, 0.6) is 5.75 Å². The maximum absolute atomic E-state index is 6.47. The first-order chi connectivity index (χ1) is 9.23. The fourth-order valence-corrected chi connectivity index (χ4v) is 3.45. The van der Waals surface area contributed by atoms with Crippen LogP contribution in [0.3, 0.4) is 0 Å². The molecule has 1 aliphatic rings. The Labute approximate surface area is 122 Å². The monoisotopic (exact) mass is 277 g/mol. The second kappa shape index (κ2) is 5.38. The number of methoxy groups -OCH3 is 1. The number of benzene rings is 1. The van der Waals surface area contributed by atoms with Crippen molar-refractivity contribution in [3.05, 3.63) is 29.8 Å². The zero-order valence-electron chi connectivity index (χ0n) is 13.3. The van der Waals surface area contributed by atoms with Crippen molar-refractivity contribution in [1.82, 2.24) is 0 Å². The Kier molecular flexibility index (Phi) is 4.12. The molecule has 2 atom stereocenters. The molecule has 1 saturated heterocycles. The Morgan fingerprint density at radius 3 is 2.30 bits per heavy atom. The Morgan fingerprint density at radius 2 is 1.85 bits per heavy atom. The first kappa shape index (κ1) is 15.3. The fourth-order valence-electron chi connectivity index (χ4n) is 3.45. The van der Waals surface area contributed by atoms with Crippen LogP contribution in [0.15, 0.2) is 24.3 Å². The fraction of sp³-hybridized carbons (Fsp3) is 0.647. The smallest absolute Gasteiger partial charge is 0.118 e. The topological polar surface area (TPSA) is 44.5 Å². The van der Waals surface area contributed by atoms with Gasteiger partial charge in [-0.2, -0.15) is 0 Å². The molecule has 2 rings (SSSR count). The molecule has 20 heavy (non-hydrogen) atoms. The third kappa shape index (κ3) is 3.33. The lowest BCUT2D eigenvalue weighted by Crippen LogP contribution is -2.42. The highest BCUT2D eigenvalue weighted by molar-refractivity contribution is 5.27. The van der Waals surface area contributed by atoms with E-state index in [-0.39, 0.29) is 17.2 Å². The average molecular weight is 277 g/mol. The lowest BCUT2D eigenvalue weighted by molar-refractivity contribution is -0.0765. The SMILES string of the molecule is COc1ccc(CC(N)C2CC(C)(C)OC2(C)C)cc1. The van der Waals surface area contributed by atoms with Crippen molar-refractivity contribution >= 4 is 0 Å². The third-order valence-electron chi connectivity index (χ3n) is 4.29. The van der Waals surface area contributed by atoms with Gasteiger partial charge in [-0.05, 0) is 58.2 Å². The van der Waals surface area contributed by atoms with E-state index in [1.54, 1.807) is 7.11 Å². The van der Waals surface area contributed by atoms with Gasteiger partial charge in [0.2, 0.25) is 0 Å². The van der Waals surface area contributed by atoms with Gasteiger partial charge in [0.05, 0.1) is 18.3 Å². The summed E-state index contributed by atoms with van der Waals surface area (Å²) in [4.78, 5) is 0. The molecule has 3 heteroatoms. The molecule has 1 aromatic carbocycles. The second-order valence-electron chi connectivity index (χ2n) is 6.99. The summed E-state index contributed by atoms with van der Waals surface area (Å²) in [6, 6.07) is 8.27. The Morgan fingerprint density at radius 1 is 1.25 bits per heavy atom. The molecule has 1 heterocycles. The quantitative estimate of drug-likeness (QED) is 0.919. The lowest BCUT2D eigenvalue weighted by Gasteiger charge is -2.31. The molecule has 1 aliphatic heterocycles. The van der Waals surface area contributed by atoms with E-state index < -0.39 is 0 Å². The standard InChI is InChI=1S/C17H27NO2/c1-16(2)11-14(17(3,4)20-16)15(18)10-12-6-8-13(19-5)9-7-12/h6-9,14-15H,10-11,18H2,1-5H3. The van der Waals surface area contributed by atoms with Gasteiger partial charge < -0.3 is 15.2 Å². The summed E-state index contributed by atoms with van der Waals surface area (Å²) in [7, 11) is 1.68. The molecule has 2 unspecified atom stereocenters. The molecule has 0 spiro atoms. The van der Waals surface area contributed by atoms with Gasteiger partial charge in [0.25, 0.3) is 0 Å². The molecule has 0 aliphatic carbocycles. The van der Waals surface area contributed by atoms with Crippen LogP contribution in [0.4, 0.5) is 0 Å². The molecule has 0 amide bonds. The predicted molar refractivity (Wildman–Crippen MR) is 82.0 cm³/mol. The van der Waals surface area contributed by atoms with E-state index in [4.69, 9.17) is 15.2 Å². The summed E-state index contributed by atoms with van der Waals surface area (Å²) in [6.45, 7) is 8.60. The minimum Gasteiger partial charge on any atom is -0.497 e. The molecule has 0 saturated carbocycles. The van der Waals surface area contributed by atoms with E-state index in [0.717, 1.165) is 18.6 Å². The summed E-state index contributed by atoms with van der Waals surface area (Å²) in [5, 5.41) is 0. The lowest BCUT2D eigenvalue weighted by atomic mass is 9.80. The van der Waals surface area contributed by atoms with Gasteiger partial charge in [0.15, 0.2) is 0 Å². The highest BCUT2D eigenvalue weighted by atomic mass is 16.5. The van der Waals surface area contributed by atoms with Gasteiger partial charge in [0, 0.05) is 12.0 Å². The van der Waals surface area contributed by atoms with Crippen molar-refractivity contribution in [1.29, 1.82) is 0 Å². The molecule has 1 aromatic rings. The van der Waals surface area contributed by atoms with Gasteiger partial charge in [-0.15, -0.1) is 0 Å². The van der Waals surface area contributed by atoms with Gasteiger partial charge in [-0.1, -0.05) is 12.1 Å². The minimum absolute atomic E-state index is 0.0777. The number of nitrogens with two attached hydrogens (primary N) is 1. The Hall–Kier alpha value is -1.06. The summed E-state index contributed by atoms with van der Waals surface area (Å²) >= 11 is 0. The van der Waals surface area contributed by atoms with Crippen LogP contribution in [-0.2, 0) is 11.2 Å². The second-order valence-corrected chi connectivity index (χ2v) is 6.99. The molecule has 112 valence electrons. The number of rotatable bonds is 4. The molecule has 1 fully saturated rings. The first-order valence-electron chi connectivity index (χ1n) is 7.32. The van der Waals surface area contributed by atoms with Crippen molar-refractivity contribution in [2.75, 3.05) is 7.11 Å². The summed E-state index contributed by atoms with van der Waals surface area (Å²) in [5.41, 5.74) is 7.48. The van der Waals surface area contributed by atoms with Gasteiger partial charge in [-0.25, -0.2) is 0 Å². The van der Waals surface area contributed by atoms with Gasteiger partial charge in [0.1, 0.15) is 5.75 Å². The number of ether oxygens (including phenoxy) is 2. The Bertz CT molecular complexity index is 451. The van der Waals surface area contributed by atoms with E-state index in [0.29, 0.717) is 5.92 Å². The van der Waals surface area contributed by atoms with Gasteiger partial charge >= 0.3 is 0 Å². The zero-order valence-corrected chi connectivity index (χ0v) is 13.3. The summed E-state index contributed by atoms with van der Waals surface area (Å²) < 4.78 is 11.3. The van der Waals surface area contributed by atoms with Crippen LogP contribution < -0.4 is 10.5 Å². The third-order valence-corrected chi connectivity index (χ3v) is 4.29. The van der Waals surface area contributed by atoms with E-state index in [2.05, 4.69) is 39.8 Å². The molecule has 0 aromatic heterocycles. The molecule has 3 nitrogen and oxygen atoms in total. The van der Waals surface area contributed by atoms with Crippen molar-refractivity contribution in [3.63, 3.8) is 0 Å². The van der Waals surface area contributed by atoms with Crippen molar-refractivity contribution in [3.8, 4) is 5.75 Å². The van der Waals surface area contributed by atoms with E-state index in [1.807, 2.05) is 12.1 Å². The van der Waals surface area contributed by atoms with Crippen molar-refractivity contribution in [2.45, 2.75) is 57.8 Å². The van der Waals surface area contributed by atoms with Crippen LogP contribution >= 0.6 is 0 Å². The summed E-state index contributed by atoms with van der Waals surface area (Å²) in [6.07, 6.45) is 1.88. The largest absolute Gasteiger partial charge is 0.497 e. The predicted octanol–water partition coefficient (Wildman–Crippen LogP) is 3.16. The highest BCUT2D eigenvalue weighted by Crippen LogP contribution is 2.43. The Balaban J connectivity index is 2.05. The minimum atomic E-state index is -0.157. The maximum atomic E-state index is 6.47. The van der Waals surface area contributed by atoms with E-state index >= 15 is 0 Å². The van der Waals surface area contributed by atoms with Crippen LogP contribution in [0, 0.1) is 5.92 Å². The molecule has 0 radical (unpaired) electrons. The van der Waals surface area contributed by atoms with Crippen LogP contribution in [0.1, 0.15) is 39.7 Å². The first-order valence-corrected chi connectivity index (χ1v) is 7.32. The molecule has 2 N–H and O–H groups in total. The van der Waals surface area contributed by atoms with Gasteiger partial charge in [-0.3, -0.25) is 0 Å². The molecule has 0 bridgehead atoms. The summed E-state index contributed by atoms with van der Waals surface area (Å²) in [5.74, 6) is 1.26. The number of hydrogen-bond donors (Lipinski definition) is 1.